The van der Waals surface area contributed by atoms with Crippen LogP contribution in [0, 0.1) is 6.92 Å². The van der Waals surface area contributed by atoms with Crippen molar-refractivity contribution in [1.29, 1.82) is 0 Å². The van der Waals surface area contributed by atoms with E-state index in [9.17, 15) is 4.79 Å². The van der Waals surface area contributed by atoms with Crippen LogP contribution in [0.3, 0.4) is 0 Å². The minimum Gasteiger partial charge on any atom is -0.397 e. The summed E-state index contributed by atoms with van der Waals surface area (Å²) in [6.07, 6.45) is 2.47. The molecule has 1 rings (SSSR count). The maximum atomic E-state index is 11.7. The Kier molecular flexibility index (Phi) is 3.75. The lowest BCUT2D eigenvalue weighted by Crippen LogP contribution is -2.28. The second-order valence-corrected chi connectivity index (χ2v) is 4.66. The summed E-state index contributed by atoms with van der Waals surface area (Å²) in [5, 5.41) is 0. The zero-order valence-electron chi connectivity index (χ0n) is 10.4. The molecule has 4 heteroatoms. The fourth-order valence-electron chi connectivity index (χ4n) is 1.35. The molecule has 0 aliphatic heterocycles. The highest BCUT2D eigenvalue weighted by molar-refractivity contribution is 5.42. The molecule has 0 atom stereocenters. The van der Waals surface area contributed by atoms with Gasteiger partial charge in [0.2, 0.25) is 0 Å². The number of nitrogen functional groups attached to an aromatic ring is 1. The molecule has 0 amide bonds. The predicted molar refractivity (Wildman–Crippen MR) is 65.6 cm³/mol. The van der Waals surface area contributed by atoms with Crippen LogP contribution >= 0.6 is 0 Å². The average molecular weight is 224 g/mol. The van der Waals surface area contributed by atoms with E-state index in [1.54, 1.807) is 23.9 Å². The normalized spacial score (nSPS) is 11.8. The van der Waals surface area contributed by atoms with Crippen molar-refractivity contribution in [2.45, 2.75) is 39.3 Å². The van der Waals surface area contributed by atoms with Gasteiger partial charge in [-0.25, -0.2) is 0 Å². The van der Waals surface area contributed by atoms with Crippen LogP contribution in [0.2, 0.25) is 0 Å². The molecule has 16 heavy (non-hydrogen) atoms. The van der Waals surface area contributed by atoms with E-state index in [2.05, 4.69) is 0 Å². The summed E-state index contributed by atoms with van der Waals surface area (Å²) in [6, 6.07) is 1.56. The fourth-order valence-corrected chi connectivity index (χ4v) is 1.35. The van der Waals surface area contributed by atoms with Crippen molar-refractivity contribution in [1.82, 2.24) is 4.57 Å². The molecule has 0 bridgehead atoms. The molecule has 0 aromatic carbocycles. The molecule has 1 aromatic rings. The van der Waals surface area contributed by atoms with Crippen molar-refractivity contribution in [3.05, 3.63) is 28.2 Å². The summed E-state index contributed by atoms with van der Waals surface area (Å²) in [4.78, 5) is 11.7. The van der Waals surface area contributed by atoms with E-state index < -0.39 is 0 Å². The van der Waals surface area contributed by atoms with Gasteiger partial charge in [-0.3, -0.25) is 4.79 Å². The summed E-state index contributed by atoms with van der Waals surface area (Å²) >= 11 is 0. The summed E-state index contributed by atoms with van der Waals surface area (Å²) < 4.78 is 6.93. The number of anilines is 1. The van der Waals surface area contributed by atoms with Gasteiger partial charge in [0.05, 0.1) is 11.3 Å². The largest absolute Gasteiger partial charge is 0.397 e. The van der Waals surface area contributed by atoms with Gasteiger partial charge in [0.15, 0.2) is 0 Å². The second kappa shape index (κ2) is 4.70. The maximum absolute atomic E-state index is 11.7. The molecule has 1 heterocycles. The first-order chi connectivity index (χ1) is 7.35. The van der Waals surface area contributed by atoms with Gasteiger partial charge >= 0.3 is 0 Å². The third-order valence-electron chi connectivity index (χ3n) is 2.88. The van der Waals surface area contributed by atoms with Crippen LogP contribution in [0.25, 0.3) is 0 Å². The van der Waals surface area contributed by atoms with Crippen molar-refractivity contribution in [2.75, 3.05) is 12.8 Å². The van der Waals surface area contributed by atoms with Crippen molar-refractivity contribution >= 4 is 5.69 Å². The Morgan fingerprint density at radius 3 is 2.69 bits per heavy atom. The number of aromatic nitrogens is 1. The van der Waals surface area contributed by atoms with Gasteiger partial charge in [-0.2, -0.15) is 0 Å². The lowest BCUT2D eigenvalue weighted by atomic mass is 10.1. The number of nitrogens with zero attached hydrogens (tertiary/aromatic N) is 1. The first-order valence-corrected chi connectivity index (χ1v) is 5.37. The Balaban J connectivity index is 2.83. The highest BCUT2D eigenvalue weighted by Crippen LogP contribution is 2.14. The lowest BCUT2D eigenvalue weighted by molar-refractivity contribution is 0.0118. The summed E-state index contributed by atoms with van der Waals surface area (Å²) in [5.74, 6) is 0. The molecular weight excluding hydrogens is 204 g/mol. The van der Waals surface area contributed by atoms with Gasteiger partial charge in [-0.1, -0.05) is 0 Å². The van der Waals surface area contributed by atoms with Gasteiger partial charge < -0.3 is 15.0 Å². The van der Waals surface area contributed by atoms with E-state index >= 15 is 0 Å². The second-order valence-electron chi connectivity index (χ2n) is 4.66. The SMILES string of the molecule is COC(C)(C)CCn1cc(N)c(C)cc1=O. The number of aryl methyl sites for hydroxylation is 2. The molecule has 0 saturated carbocycles. The Morgan fingerprint density at radius 2 is 2.12 bits per heavy atom. The smallest absolute Gasteiger partial charge is 0.250 e. The molecule has 0 aliphatic carbocycles. The van der Waals surface area contributed by atoms with E-state index in [0.29, 0.717) is 12.2 Å². The first-order valence-electron chi connectivity index (χ1n) is 5.37. The molecular formula is C12H20N2O2. The van der Waals surface area contributed by atoms with E-state index in [1.807, 2.05) is 20.8 Å². The third-order valence-corrected chi connectivity index (χ3v) is 2.88. The number of pyridine rings is 1. The highest BCUT2D eigenvalue weighted by Gasteiger charge is 2.16. The summed E-state index contributed by atoms with van der Waals surface area (Å²) in [5.41, 5.74) is 7.01. The van der Waals surface area contributed by atoms with Gasteiger partial charge in [0, 0.05) is 25.9 Å². The number of hydrogen-bond acceptors (Lipinski definition) is 3. The van der Waals surface area contributed by atoms with Crippen LogP contribution in [0.15, 0.2) is 17.1 Å². The van der Waals surface area contributed by atoms with Gasteiger partial charge in [0.25, 0.3) is 5.56 Å². The summed E-state index contributed by atoms with van der Waals surface area (Å²) in [6.45, 7) is 6.44. The zero-order valence-corrected chi connectivity index (χ0v) is 10.4. The number of methoxy groups -OCH3 is 1. The molecule has 0 unspecified atom stereocenters. The van der Waals surface area contributed by atoms with Crippen molar-refractivity contribution in [3.8, 4) is 0 Å². The standard InChI is InChI=1S/C12H20N2O2/c1-9-7-11(15)14(8-10(9)13)6-5-12(2,3)16-4/h7-8H,5-6,13H2,1-4H3. The zero-order chi connectivity index (χ0) is 12.3. The molecule has 4 nitrogen and oxygen atoms in total. The molecule has 1 aromatic heterocycles. The number of nitrogens with two attached hydrogens (primary N) is 1. The summed E-state index contributed by atoms with van der Waals surface area (Å²) in [7, 11) is 1.67. The number of ether oxygens (including phenoxy) is 1. The first kappa shape index (κ1) is 12.8. The Morgan fingerprint density at radius 1 is 1.50 bits per heavy atom. The quantitative estimate of drug-likeness (QED) is 0.844. The average Bonchev–Trinajstić information content (AvgIpc) is 2.22. The molecule has 0 fully saturated rings. The minimum atomic E-state index is -0.223. The molecule has 90 valence electrons. The molecule has 0 aliphatic rings. The van der Waals surface area contributed by atoms with Crippen LogP contribution in [0.1, 0.15) is 25.8 Å². The molecule has 0 radical (unpaired) electrons. The molecule has 0 saturated heterocycles. The molecule has 2 N–H and O–H groups in total. The van der Waals surface area contributed by atoms with Crippen LogP contribution in [0.4, 0.5) is 5.69 Å². The third kappa shape index (κ3) is 3.10. The van der Waals surface area contributed by atoms with Crippen LogP contribution in [-0.4, -0.2) is 17.3 Å². The van der Waals surface area contributed by atoms with Crippen LogP contribution in [-0.2, 0) is 11.3 Å². The lowest BCUT2D eigenvalue weighted by Gasteiger charge is -2.23. The van der Waals surface area contributed by atoms with Gasteiger partial charge in [-0.05, 0) is 32.8 Å². The van der Waals surface area contributed by atoms with Crippen molar-refractivity contribution in [2.24, 2.45) is 0 Å². The van der Waals surface area contributed by atoms with E-state index in [-0.39, 0.29) is 11.2 Å². The van der Waals surface area contributed by atoms with Gasteiger partial charge in [-0.15, -0.1) is 0 Å². The van der Waals surface area contributed by atoms with Crippen molar-refractivity contribution in [3.63, 3.8) is 0 Å². The van der Waals surface area contributed by atoms with Crippen LogP contribution in [0.5, 0.6) is 0 Å². The minimum absolute atomic E-state index is 0.0152. The Bertz CT molecular complexity index is 422. The maximum Gasteiger partial charge on any atom is 0.250 e. The monoisotopic (exact) mass is 224 g/mol. The Labute approximate surface area is 96.0 Å². The van der Waals surface area contributed by atoms with E-state index in [4.69, 9.17) is 10.5 Å². The van der Waals surface area contributed by atoms with E-state index in [0.717, 1.165) is 12.0 Å². The number of rotatable bonds is 4. The Hall–Kier alpha value is -1.29. The van der Waals surface area contributed by atoms with E-state index in [1.165, 1.54) is 0 Å². The van der Waals surface area contributed by atoms with Gasteiger partial charge in [0.1, 0.15) is 0 Å². The fraction of sp³-hybridized carbons (Fsp3) is 0.583. The topological polar surface area (TPSA) is 57.2 Å². The molecule has 0 spiro atoms. The van der Waals surface area contributed by atoms with Crippen LogP contribution < -0.4 is 11.3 Å². The van der Waals surface area contributed by atoms with Crippen molar-refractivity contribution < 1.29 is 4.74 Å². The predicted octanol–water partition coefficient (Wildman–Crippen LogP) is 1.55. The highest BCUT2D eigenvalue weighted by atomic mass is 16.5. The number of hydrogen-bond donors (Lipinski definition) is 1.